The Labute approximate surface area is 134 Å². The zero-order valence-corrected chi connectivity index (χ0v) is 13.4. The highest BCUT2D eigenvalue weighted by molar-refractivity contribution is 5.90. The van der Waals surface area contributed by atoms with Gasteiger partial charge in [-0.2, -0.15) is 8.78 Å². The van der Waals surface area contributed by atoms with Gasteiger partial charge in [-0.1, -0.05) is 6.07 Å². The van der Waals surface area contributed by atoms with Gasteiger partial charge in [0, 0.05) is 30.9 Å². The predicted octanol–water partition coefficient (Wildman–Crippen LogP) is 3.63. The van der Waals surface area contributed by atoms with Crippen LogP contribution in [0.15, 0.2) is 18.2 Å². The summed E-state index contributed by atoms with van der Waals surface area (Å²) in [7, 11) is 0. The van der Waals surface area contributed by atoms with E-state index in [2.05, 4.69) is 10.1 Å². The lowest BCUT2D eigenvalue weighted by Crippen LogP contribution is -2.43. The fourth-order valence-electron chi connectivity index (χ4n) is 2.63. The number of benzene rings is 1. The minimum absolute atomic E-state index is 0.0628. The molecule has 1 saturated heterocycles. The second-order valence-electron chi connectivity index (χ2n) is 5.38. The van der Waals surface area contributed by atoms with E-state index in [4.69, 9.17) is 4.74 Å². The van der Waals surface area contributed by atoms with E-state index in [1.54, 1.807) is 24.0 Å². The van der Waals surface area contributed by atoms with Gasteiger partial charge in [-0.05, 0) is 38.8 Å². The SMILES string of the molecule is CCOC1CCN(C(=O)Nc2cccc(OC(F)F)c2C)CC1. The van der Waals surface area contributed by atoms with Crippen molar-refractivity contribution in [3.63, 3.8) is 0 Å². The minimum atomic E-state index is -2.89. The summed E-state index contributed by atoms with van der Waals surface area (Å²) in [6, 6.07) is 4.45. The van der Waals surface area contributed by atoms with Crippen LogP contribution in [0.3, 0.4) is 0 Å². The molecule has 1 aliphatic rings. The molecule has 1 aromatic rings. The molecule has 5 nitrogen and oxygen atoms in total. The second kappa shape index (κ2) is 8.10. The molecule has 7 heteroatoms. The summed E-state index contributed by atoms with van der Waals surface area (Å²) in [4.78, 5) is 14.0. The average Bonchev–Trinajstić information content (AvgIpc) is 2.52. The number of nitrogens with one attached hydrogen (secondary N) is 1. The van der Waals surface area contributed by atoms with Crippen LogP contribution in [0.4, 0.5) is 19.3 Å². The van der Waals surface area contributed by atoms with Gasteiger partial charge in [0.15, 0.2) is 0 Å². The van der Waals surface area contributed by atoms with Gasteiger partial charge < -0.3 is 19.7 Å². The van der Waals surface area contributed by atoms with Crippen molar-refractivity contribution < 1.29 is 23.0 Å². The van der Waals surface area contributed by atoms with Crippen molar-refractivity contribution in [1.29, 1.82) is 0 Å². The first-order valence-electron chi connectivity index (χ1n) is 7.73. The largest absolute Gasteiger partial charge is 0.434 e. The number of likely N-dealkylation sites (tertiary alicyclic amines) is 1. The van der Waals surface area contributed by atoms with Crippen LogP contribution >= 0.6 is 0 Å². The lowest BCUT2D eigenvalue weighted by Gasteiger charge is -2.32. The fraction of sp³-hybridized carbons (Fsp3) is 0.562. The fourth-order valence-corrected chi connectivity index (χ4v) is 2.63. The molecule has 1 heterocycles. The van der Waals surface area contributed by atoms with E-state index in [-0.39, 0.29) is 17.9 Å². The lowest BCUT2D eigenvalue weighted by molar-refractivity contribution is -0.0502. The Kier molecular flexibility index (Phi) is 6.15. The summed E-state index contributed by atoms with van der Waals surface area (Å²) in [5.74, 6) is 0.0628. The third-order valence-corrected chi connectivity index (χ3v) is 3.87. The van der Waals surface area contributed by atoms with Crippen LogP contribution in [-0.4, -0.2) is 43.3 Å². The van der Waals surface area contributed by atoms with Crippen molar-refractivity contribution in [2.75, 3.05) is 25.0 Å². The number of carbonyl (C=O) groups is 1. The maximum Gasteiger partial charge on any atom is 0.387 e. The molecule has 1 fully saturated rings. The van der Waals surface area contributed by atoms with Gasteiger partial charge in [0.25, 0.3) is 0 Å². The Morgan fingerprint density at radius 1 is 1.39 bits per heavy atom. The molecule has 0 spiro atoms. The highest BCUT2D eigenvalue weighted by atomic mass is 19.3. The topological polar surface area (TPSA) is 50.8 Å². The van der Waals surface area contributed by atoms with Crippen molar-refractivity contribution in [1.82, 2.24) is 4.90 Å². The molecule has 0 unspecified atom stereocenters. The maximum absolute atomic E-state index is 12.4. The number of rotatable bonds is 5. The number of amides is 2. The zero-order chi connectivity index (χ0) is 16.8. The van der Waals surface area contributed by atoms with Gasteiger partial charge >= 0.3 is 12.6 Å². The van der Waals surface area contributed by atoms with Gasteiger partial charge in [0.1, 0.15) is 5.75 Å². The lowest BCUT2D eigenvalue weighted by atomic mass is 10.1. The summed E-state index contributed by atoms with van der Waals surface area (Å²) in [5.41, 5.74) is 0.949. The Hall–Kier alpha value is -1.89. The second-order valence-corrected chi connectivity index (χ2v) is 5.38. The molecule has 2 amide bonds. The standard InChI is InChI=1S/C16H22F2N2O3/c1-3-22-12-7-9-20(10-8-12)16(21)19-13-5-4-6-14(11(13)2)23-15(17)18/h4-6,12,15H,3,7-10H2,1-2H3,(H,19,21). The molecule has 0 radical (unpaired) electrons. The number of alkyl halides is 2. The predicted molar refractivity (Wildman–Crippen MR) is 83.1 cm³/mol. The average molecular weight is 328 g/mol. The normalized spacial score (nSPS) is 15.8. The summed E-state index contributed by atoms with van der Waals surface area (Å²) >= 11 is 0. The number of urea groups is 1. The monoisotopic (exact) mass is 328 g/mol. The Morgan fingerprint density at radius 3 is 2.70 bits per heavy atom. The van der Waals surface area contributed by atoms with Gasteiger partial charge in [-0.25, -0.2) is 4.79 Å². The van der Waals surface area contributed by atoms with E-state index in [9.17, 15) is 13.6 Å². The van der Waals surface area contributed by atoms with Crippen LogP contribution in [0, 0.1) is 6.92 Å². The van der Waals surface area contributed by atoms with E-state index in [0.29, 0.717) is 30.9 Å². The number of ether oxygens (including phenoxy) is 2. The highest BCUT2D eigenvalue weighted by Crippen LogP contribution is 2.27. The Bertz CT molecular complexity index is 532. The number of hydrogen-bond donors (Lipinski definition) is 1. The van der Waals surface area contributed by atoms with Crippen molar-refractivity contribution in [2.24, 2.45) is 0 Å². The highest BCUT2D eigenvalue weighted by Gasteiger charge is 2.23. The first-order chi connectivity index (χ1) is 11.0. The molecule has 1 aliphatic heterocycles. The number of halogens is 2. The van der Waals surface area contributed by atoms with Gasteiger partial charge in [-0.3, -0.25) is 0 Å². The van der Waals surface area contributed by atoms with E-state index >= 15 is 0 Å². The molecule has 0 atom stereocenters. The first-order valence-corrected chi connectivity index (χ1v) is 7.73. The molecule has 128 valence electrons. The zero-order valence-electron chi connectivity index (χ0n) is 13.4. The smallest absolute Gasteiger partial charge is 0.387 e. The van der Waals surface area contributed by atoms with Gasteiger partial charge in [-0.15, -0.1) is 0 Å². The maximum atomic E-state index is 12.4. The Balaban J connectivity index is 1.96. The van der Waals surface area contributed by atoms with Crippen LogP contribution < -0.4 is 10.1 Å². The molecule has 0 bridgehead atoms. The summed E-state index contributed by atoms with van der Waals surface area (Å²) in [6.07, 6.45) is 1.80. The van der Waals surface area contributed by atoms with E-state index in [0.717, 1.165) is 12.8 Å². The number of anilines is 1. The number of piperidine rings is 1. The van der Waals surface area contributed by atoms with Crippen LogP contribution in [0.1, 0.15) is 25.3 Å². The molecule has 1 aromatic carbocycles. The quantitative estimate of drug-likeness (QED) is 0.898. The third kappa shape index (κ3) is 4.79. The minimum Gasteiger partial charge on any atom is -0.434 e. The van der Waals surface area contributed by atoms with Crippen molar-refractivity contribution in [2.45, 2.75) is 39.4 Å². The molecule has 23 heavy (non-hydrogen) atoms. The van der Waals surface area contributed by atoms with Crippen molar-refractivity contribution in [3.8, 4) is 5.75 Å². The molecular weight excluding hydrogens is 306 g/mol. The van der Waals surface area contributed by atoms with Crippen LogP contribution in [0.2, 0.25) is 0 Å². The van der Waals surface area contributed by atoms with E-state index in [1.807, 2.05) is 6.92 Å². The summed E-state index contributed by atoms with van der Waals surface area (Å²) < 4.78 is 34.7. The number of carbonyl (C=O) groups excluding carboxylic acids is 1. The summed E-state index contributed by atoms with van der Waals surface area (Å²) in [6.45, 7) is 2.60. The number of nitrogens with zero attached hydrogens (tertiary/aromatic N) is 1. The molecule has 0 aliphatic carbocycles. The first kappa shape index (κ1) is 17.5. The van der Waals surface area contributed by atoms with Crippen molar-refractivity contribution >= 4 is 11.7 Å². The summed E-state index contributed by atoms with van der Waals surface area (Å²) in [5, 5.41) is 2.76. The van der Waals surface area contributed by atoms with Crippen molar-refractivity contribution in [3.05, 3.63) is 23.8 Å². The van der Waals surface area contributed by atoms with Crippen LogP contribution in [-0.2, 0) is 4.74 Å². The van der Waals surface area contributed by atoms with E-state index in [1.165, 1.54) is 6.07 Å². The molecule has 2 rings (SSSR count). The third-order valence-electron chi connectivity index (χ3n) is 3.87. The van der Waals surface area contributed by atoms with Gasteiger partial charge in [0.05, 0.1) is 6.10 Å². The molecule has 1 N–H and O–H groups in total. The van der Waals surface area contributed by atoms with Crippen LogP contribution in [0.5, 0.6) is 5.75 Å². The Morgan fingerprint density at radius 2 is 2.09 bits per heavy atom. The van der Waals surface area contributed by atoms with Crippen LogP contribution in [0.25, 0.3) is 0 Å². The molecular formula is C16H22F2N2O3. The van der Waals surface area contributed by atoms with E-state index < -0.39 is 6.61 Å². The molecule has 0 aromatic heterocycles. The number of hydrogen-bond acceptors (Lipinski definition) is 3. The molecule has 0 saturated carbocycles. The van der Waals surface area contributed by atoms with Gasteiger partial charge in [0.2, 0.25) is 0 Å².